The van der Waals surface area contributed by atoms with Crippen LogP contribution in [0.4, 0.5) is 5.69 Å². The lowest BCUT2D eigenvalue weighted by atomic mass is 10.2. The summed E-state index contributed by atoms with van der Waals surface area (Å²) < 4.78 is 27.1. The number of aryl methyl sites for hydroxylation is 1. The lowest BCUT2D eigenvalue weighted by Crippen LogP contribution is -2.26. The molecule has 0 saturated carbocycles. The van der Waals surface area contributed by atoms with Crippen LogP contribution in [0.1, 0.15) is 24.5 Å². The van der Waals surface area contributed by atoms with Gasteiger partial charge in [0.15, 0.2) is 0 Å². The fourth-order valence-electron chi connectivity index (χ4n) is 2.50. The van der Waals surface area contributed by atoms with Crippen LogP contribution in [-0.4, -0.2) is 33.3 Å². The van der Waals surface area contributed by atoms with E-state index < -0.39 is 10.0 Å². The van der Waals surface area contributed by atoms with Crippen molar-refractivity contribution in [1.29, 1.82) is 0 Å². The Balaban J connectivity index is 1.81. The van der Waals surface area contributed by atoms with Crippen molar-refractivity contribution in [3.63, 3.8) is 0 Å². The highest BCUT2D eigenvalue weighted by Crippen LogP contribution is 2.20. The average molecular weight is 494 g/mol. The molecule has 0 heterocycles. The zero-order valence-electron chi connectivity index (χ0n) is 16.7. The monoisotopic (exact) mass is 493 g/mol. The van der Waals surface area contributed by atoms with Crippen molar-refractivity contribution in [1.82, 2.24) is 10.0 Å². The molecule has 0 unspecified atom stereocenters. The normalized spacial score (nSPS) is 11.4. The quantitative estimate of drug-likeness (QED) is 0.466. The van der Waals surface area contributed by atoms with Crippen LogP contribution in [0, 0.1) is 6.92 Å². The van der Waals surface area contributed by atoms with Crippen LogP contribution < -0.4 is 15.4 Å². The first-order valence-electron chi connectivity index (χ1n) is 9.33. The van der Waals surface area contributed by atoms with E-state index in [9.17, 15) is 18.0 Å². The summed E-state index contributed by atoms with van der Waals surface area (Å²) in [6, 6.07) is 11.8. The van der Waals surface area contributed by atoms with Crippen molar-refractivity contribution >= 4 is 49.5 Å². The molecule has 160 valence electrons. The number of halogens is 1. The third-order valence-electron chi connectivity index (χ3n) is 4.08. The zero-order valence-corrected chi connectivity index (χ0v) is 19.1. The molecule has 0 spiro atoms. The third kappa shape index (κ3) is 7.40. The minimum absolute atomic E-state index is 0.141. The van der Waals surface area contributed by atoms with Crippen LogP contribution in [0.3, 0.4) is 0 Å². The van der Waals surface area contributed by atoms with Crippen molar-refractivity contribution in [3.8, 4) is 0 Å². The van der Waals surface area contributed by atoms with Gasteiger partial charge in [0.1, 0.15) is 0 Å². The van der Waals surface area contributed by atoms with Gasteiger partial charge >= 0.3 is 0 Å². The average Bonchev–Trinajstić information content (AvgIpc) is 2.69. The van der Waals surface area contributed by atoms with Gasteiger partial charge in [-0.05, 0) is 48.4 Å². The lowest BCUT2D eigenvalue weighted by molar-refractivity contribution is -0.117. The van der Waals surface area contributed by atoms with Crippen LogP contribution >= 0.6 is 15.9 Å². The lowest BCUT2D eigenvalue weighted by Gasteiger charge is -2.09. The van der Waals surface area contributed by atoms with Crippen LogP contribution in [0.15, 0.2) is 57.9 Å². The molecule has 9 heteroatoms. The van der Waals surface area contributed by atoms with Gasteiger partial charge in [-0.15, -0.1) is 0 Å². The summed E-state index contributed by atoms with van der Waals surface area (Å²) in [5.74, 6) is -0.538. The fourth-order valence-corrected chi connectivity index (χ4v) is 3.91. The molecule has 2 rings (SSSR count). The van der Waals surface area contributed by atoms with Gasteiger partial charge in [0.25, 0.3) is 0 Å². The third-order valence-corrected chi connectivity index (χ3v) is 6.13. The Morgan fingerprint density at radius 3 is 2.47 bits per heavy atom. The SMILES string of the molecule is CCNS(=O)(=O)c1ccc(/C=C/C(=O)NCCC(=O)Nc2cc(Br)ccc2C)cc1. The number of benzene rings is 2. The molecule has 7 nitrogen and oxygen atoms in total. The first kappa shape index (κ1) is 23.8. The Kier molecular flexibility index (Phi) is 8.76. The Bertz CT molecular complexity index is 1030. The molecule has 0 fully saturated rings. The summed E-state index contributed by atoms with van der Waals surface area (Å²) in [7, 11) is -3.50. The van der Waals surface area contributed by atoms with Gasteiger partial charge in [0.2, 0.25) is 21.8 Å². The van der Waals surface area contributed by atoms with Crippen molar-refractivity contribution in [3.05, 3.63) is 64.1 Å². The number of rotatable bonds is 9. The molecular formula is C21H24BrN3O4S. The van der Waals surface area contributed by atoms with Gasteiger partial charge < -0.3 is 10.6 Å². The van der Waals surface area contributed by atoms with Gasteiger partial charge in [-0.2, -0.15) is 0 Å². The second kappa shape index (κ2) is 11.1. The zero-order chi connectivity index (χ0) is 22.1. The Labute approximate surface area is 185 Å². The van der Waals surface area contributed by atoms with Gasteiger partial charge in [-0.1, -0.05) is 41.1 Å². The van der Waals surface area contributed by atoms with Crippen molar-refractivity contribution in [2.75, 3.05) is 18.4 Å². The maximum atomic E-state index is 12.0. The molecule has 2 amide bonds. The van der Waals surface area contributed by atoms with Crippen molar-refractivity contribution < 1.29 is 18.0 Å². The molecular weight excluding hydrogens is 470 g/mol. The van der Waals surface area contributed by atoms with Gasteiger partial charge in [-0.25, -0.2) is 13.1 Å². The maximum absolute atomic E-state index is 12.0. The van der Waals surface area contributed by atoms with E-state index in [2.05, 4.69) is 31.3 Å². The number of hydrogen-bond acceptors (Lipinski definition) is 4. The van der Waals surface area contributed by atoms with Gasteiger partial charge in [0.05, 0.1) is 4.90 Å². The molecule has 0 saturated heterocycles. The molecule has 0 radical (unpaired) electrons. The summed E-state index contributed by atoms with van der Waals surface area (Å²) in [6.45, 7) is 4.11. The predicted molar refractivity (Wildman–Crippen MR) is 121 cm³/mol. The molecule has 0 atom stereocenters. The smallest absolute Gasteiger partial charge is 0.244 e. The summed E-state index contributed by atoms with van der Waals surface area (Å²) in [6.07, 6.45) is 3.05. The van der Waals surface area contributed by atoms with Gasteiger partial charge in [-0.3, -0.25) is 9.59 Å². The fraction of sp³-hybridized carbons (Fsp3) is 0.238. The maximum Gasteiger partial charge on any atom is 0.244 e. The number of carbonyl (C=O) groups is 2. The summed E-state index contributed by atoms with van der Waals surface area (Å²) in [5, 5.41) is 5.46. The minimum Gasteiger partial charge on any atom is -0.352 e. The molecule has 0 bridgehead atoms. The van der Waals surface area contributed by atoms with Gasteiger partial charge in [0, 0.05) is 35.7 Å². The standard InChI is InChI=1S/C21H24BrN3O4S/c1-3-24-30(28,29)18-9-5-16(6-10-18)7-11-20(26)23-13-12-21(27)25-19-14-17(22)8-4-15(19)2/h4-11,14,24H,3,12-13H2,1-2H3,(H,23,26)(H,25,27)/b11-7+. The molecule has 0 aliphatic carbocycles. The van der Waals surface area contributed by atoms with Crippen LogP contribution in [0.2, 0.25) is 0 Å². The Morgan fingerprint density at radius 1 is 1.10 bits per heavy atom. The van der Waals surface area contributed by atoms with E-state index in [1.807, 2.05) is 25.1 Å². The van der Waals surface area contributed by atoms with Crippen molar-refractivity contribution in [2.24, 2.45) is 0 Å². The molecule has 0 aliphatic rings. The largest absolute Gasteiger partial charge is 0.352 e. The highest BCUT2D eigenvalue weighted by molar-refractivity contribution is 9.10. The number of nitrogens with one attached hydrogen (secondary N) is 3. The van der Waals surface area contributed by atoms with E-state index in [-0.39, 0.29) is 29.7 Å². The molecule has 30 heavy (non-hydrogen) atoms. The van der Waals surface area contributed by atoms with Crippen LogP contribution in [-0.2, 0) is 19.6 Å². The first-order valence-corrected chi connectivity index (χ1v) is 11.6. The van der Waals surface area contributed by atoms with E-state index in [1.165, 1.54) is 18.2 Å². The number of anilines is 1. The van der Waals surface area contributed by atoms with E-state index in [0.717, 1.165) is 15.7 Å². The topological polar surface area (TPSA) is 104 Å². The number of amides is 2. The first-order chi connectivity index (χ1) is 14.2. The summed E-state index contributed by atoms with van der Waals surface area (Å²) >= 11 is 3.37. The molecule has 0 aromatic heterocycles. The number of sulfonamides is 1. The number of carbonyl (C=O) groups excluding carboxylic acids is 2. The van der Waals surface area contributed by atoms with Crippen LogP contribution in [0.5, 0.6) is 0 Å². The van der Waals surface area contributed by atoms with Crippen molar-refractivity contribution in [2.45, 2.75) is 25.2 Å². The Hall–Kier alpha value is -2.49. The van der Waals surface area contributed by atoms with E-state index >= 15 is 0 Å². The van der Waals surface area contributed by atoms with Crippen LogP contribution in [0.25, 0.3) is 6.08 Å². The summed E-state index contributed by atoms with van der Waals surface area (Å²) in [4.78, 5) is 24.1. The molecule has 3 N–H and O–H groups in total. The molecule has 2 aromatic rings. The second-order valence-electron chi connectivity index (χ2n) is 6.45. The molecule has 2 aromatic carbocycles. The Morgan fingerprint density at radius 2 is 1.80 bits per heavy atom. The summed E-state index contributed by atoms with van der Waals surface area (Å²) in [5.41, 5.74) is 2.35. The predicted octanol–water partition coefficient (Wildman–Crippen LogP) is 3.21. The van der Waals surface area contributed by atoms with E-state index in [1.54, 1.807) is 25.1 Å². The second-order valence-corrected chi connectivity index (χ2v) is 9.13. The highest BCUT2D eigenvalue weighted by Gasteiger charge is 2.11. The number of hydrogen-bond donors (Lipinski definition) is 3. The van der Waals surface area contributed by atoms with E-state index in [0.29, 0.717) is 12.1 Å². The highest BCUT2D eigenvalue weighted by atomic mass is 79.9. The van der Waals surface area contributed by atoms with E-state index in [4.69, 9.17) is 0 Å². The minimum atomic E-state index is -3.50. The molecule has 0 aliphatic heterocycles.